The Morgan fingerprint density at radius 3 is 1.78 bits per heavy atom. The van der Waals surface area contributed by atoms with Crippen LogP contribution in [0.25, 0.3) is 72.5 Å². The second-order valence-corrected chi connectivity index (χ2v) is 16.8. The van der Waals surface area contributed by atoms with Gasteiger partial charge < -0.3 is 4.57 Å². The lowest BCUT2D eigenvalue weighted by molar-refractivity contribution is 0.658. The average Bonchev–Trinajstić information content (AvgIpc) is 3.68. The van der Waals surface area contributed by atoms with Crippen LogP contribution in [0.2, 0.25) is 0 Å². The zero-order chi connectivity index (χ0) is 36.0. The third kappa shape index (κ3) is 4.85. The second-order valence-electron chi connectivity index (χ2n) is 14.6. The van der Waals surface area contributed by atoms with E-state index >= 15 is 0 Å². The van der Waals surface area contributed by atoms with Crippen LogP contribution in [0, 0.1) is 0 Å². The van der Waals surface area contributed by atoms with E-state index in [2.05, 4.69) is 158 Å². The Bertz CT molecular complexity index is 2890. The predicted octanol–water partition coefficient (Wildman–Crippen LogP) is 13.5. The van der Waals surface area contributed by atoms with E-state index in [9.17, 15) is 0 Å². The summed E-state index contributed by atoms with van der Waals surface area (Å²) in [6.45, 7) is 4.78. The molecule has 2 aliphatic rings. The minimum atomic E-state index is -0.138. The lowest BCUT2D eigenvalue weighted by Crippen LogP contribution is -2.15. The Labute approximate surface area is 322 Å². The largest absolute Gasteiger partial charge is 0.309 e. The minimum Gasteiger partial charge on any atom is -0.309 e. The van der Waals surface area contributed by atoms with Crippen LogP contribution in [-0.2, 0) is 5.41 Å². The molecule has 0 fully saturated rings. The molecule has 11 rings (SSSR count). The molecule has 1 aliphatic heterocycles. The quantitative estimate of drug-likeness (QED) is 0.181. The van der Waals surface area contributed by atoms with Crippen LogP contribution in [-0.4, -0.2) is 14.5 Å². The van der Waals surface area contributed by atoms with Gasteiger partial charge in [-0.15, -0.1) is 0 Å². The van der Waals surface area contributed by atoms with E-state index in [1.54, 1.807) is 0 Å². The van der Waals surface area contributed by atoms with Crippen molar-refractivity contribution < 1.29 is 0 Å². The Morgan fingerprint density at radius 1 is 0.481 bits per heavy atom. The normalized spacial score (nSPS) is 13.7. The molecule has 9 aromatic rings. The monoisotopic (exact) mass is 727 g/mol. The van der Waals surface area contributed by atoms with Crippen molar-refractivity contribution in [1.29, 1.82) is 0 Å². The molecular weight excluding hydrogens is 695 g/mol. The standard InChI is InChI=1S/C49H33N3S2/c1-49(2)37-26-25-35-34-17-9-10-18-41(34)52(47(35)46(37)36-27-44-45(28-38(36)49)54-43-20-12-11-19-42(43)53-44)33-23-21-31(22-24-33)40-29-39(30-13-5-3-6-14-30)50-48(51-40)32-15-7-4-8-16-32/h3-29H,1-2H3. The molecule has 0 saturated heterocycles. The van der Waals surface area contributed by atoms with Gasteiger partial charge >= 0.3 is 0 Å². The number of rotatable bonds is 4. The van der Waals surface area contributed by atoms with E-state index in [4.69, 9.17) is 9.97 Å². The summed E-state index contributed by atoms with van der Waals surface area (Å²) in [5.74, 6) is 0.720. The summed E-state index contributed by atoms with van der Waals surface area (Å²) in [4.78, 5) is 15.5. The summed E-state index contributed by atoms with van der Waals surface area (Å²) in [6, 6.07) is 59.0. The van der Waals surface area contributed by atoms with Crippen molar-refractivity contribution in [2.75, 3.05) is 0 Å². The van der Waals surface area contributed by atoms with E-state index in [1.807, 2.05) is 47.8 Å². The molecule has 2 aromatic heterocycles. The van der Waals surface area contributed by atoms with E-state index < -0.39 is 0 Å². The van der Waals surface area contributed by atoms with E-state index in [-0.39, 0.29) is 5.41 Å². The maximum absolute atomic E-state index is 5.11. The van der Waals surface area contributed by atoms with Crippen molar-refractivity contribution in [3.63, 3.8) is 0 Å². The third-order valence-corrected chi connectivity index (χ3v) is 13.6. The Kier molecular flexibility index (Phi) is 7.07. The number of aromatic nitrogens is 3. The van der Waals surface area contributed by atoms with Crippen molar-refractivity contribution >= 4 is 45.3 Å². The van der Waals surface area contributed by atoms with Gasteiger partial charge in [0.15, 0.2) is 5.82 Å². The van der Waals surface area contributed by atoms with Crippen molar-refractivity contribution in [3.8, 4) is 50.7 Å². The highest BCUT2D eigenvalue weighted by Crippen LogP contribution is 2.57. The molecule has 0 bridgehead atoms. The highest BCUT2D eigenvalue weighted by Gasteiger charge is 2.39. The fraction of sp³-hybridized carbons (Fsp3) is 0.0612. The minimum absolute atomic E-state index is 0.138. The van der Waals surface area contributed by atoms with Crippen molar-refractivity contribution in [1.82, 2.24) is 14.5 Å². The topological polar surface area (TPSA) is 30.7 Å². The number of benzene rings is 7. The first-order valence-corrected chi connectivity index (χ1v) is 20.0. The molecule has 1 aliphatic carbocycles. The first-order valence-electron chi connectivity index (χ1n) is 18.3. The van der Waals surface area contributed by atoms with Crippen molar-refractivity contribution in [2.45, 2.75) is 38.8 Å². The molecule has 54 heavy (non-hydrogen) atoms. The van der Waals surface area contributed by atoms with Crippen LogP contribution in [0.5, 0.6) is 0 Å². The Hall–Kier alpha value is -5.88. The zero-order valence-corrected chi connectivity index (χ0v) is 31.4. The molecule has 0 saturated carbocycles. The zero-order valence-electron chi connectivity index (χ0n) is 29.7. The highest BCUT2D eigenvalue weighted by molar-refractivity contribution is 8.05. The second kappa shape index (κ2) is 12.1. The maximum Gasteiger partial charge on any atom is 0.160 e. The number of para-hydroxylation sites is 1. The van der Waals surface area contributed by atoms with Crippen LogP contribution in [0.4, 0.5) is 0 Å². The first kappa shape index (κ1) is 31.6. The molecular formula is C49H33N3S2. The highest BCUT2D eigenvalue weighted by atomic mass is 32.2. The van der Waals surface area contributed by atoms with E-state index in [0.717, 1.165) is 39.6 Å². The summed E-state index contributed by atoms with van der Waals surface area (Å²) >= 11 is 3.79. The van der Waals surface area contributed by atoms with Gasteiger partial charge in [-0.1, -0.05) is 153 Å². The molecule has 0 unspecified atom stereocenters. The molecule has 0 N–H and O–H groups in total. The van der Waals surface area contributed by atoms with Gasteiger partial charge in [0.05, 0.1) is 22.4 Å². The van der Waals surface area contributed by atoms with Gasteiger partial charge in [0.25, 0.3) is 0 Å². The van der Waals surface area contributed by atoms with Crippen LogP contribution in [0.15, 0.2) is 183 Å². The summed E-state index contributed by atoms with van der Waals surface area (Å²) in [6.07, 6.45) is 0. The SMILES string of the molecule is CC1(C)c2cc3c(cc2-c2c1ccc1c4ccccc4n(-c4ccc(-c5cc(-c6ccccc6)nc(-c6ccccc6)n5)cc4)c21)Sc1ccccc1S3. The Morgan fingerprint density at radius 2 is 1.07 bits per heavy atom. The summed E-state index contributed by atoms with van der Waals surface area (Å²) in [7, 11) is 0. The number of hydrogen-bond acceptors (Lipinski definition) is 4. The van der Waals surface area contributed by atoms with E-state index in [1.165, 1.54) is 63.6 Å². The van der Waals surface area contributed by atoms with Crippen molar-refractivity contribution in [2.24, 2.45) is 0 Å². The van der Waals surface area contributed by atoms with Crippen LogP contribution >= 0.6 is 23.5 Å². The number of fused-ring (bicyclic) bond motifs is 9. The molecule has 3 heterocycles. The van der Waals surface area contributed by atoms with Gasteiger partial charge in [-0.3, -0.25) is 0 Å². The smallest absolute Gasteiger partial charge is 0.160 e. The van der Waals surface area contributed by atoms with Gasteiger partial charge in [-0.05, 0) is 65.2 Å². The summed E-state index contributed by atoms with van der Waals surface area (Å²) < 4.78 is 2.49. The summed E-state index contributed by atoms with van der Waals surface area (Å²) in [5.41, 5.74) is 13.8. The fourth-order valence-electron chi connectivity index (χ4n) is 8.41. The van der Waals surface area contributed by atoms with Crippen molar-refractivity contribution in [3.05, 3.63) is 175 Å². The van der Waals surface area contributed by atoms with E-state index in [0.29, 0.717) is 0 Å². The van der Waals surface area contributed by atoms with Crippen LogP contribution in [0.1, 0.15) is 25.0 Å². The molecule has 0 atom stereocenters. The molecule has 7 aromatic carbocycles. The predicted molar refractivity (Wildman–Crippen MR) is 225 cm³/mol. The molecule has 5 heteroatoms. The molecule has 0 spiro atoms. The lowest BCUT2D eigenvalue weighted by Gasteiger charge is -2.24. The average molecular weight is 728 g/mol. The molecule has 0 amide bonds. The third-order valence-electron chi connectivity index (χ3n) is 11.1. The lowest BCUT2D eigenvalue weighted by atomic mass is 9.82. The van der Waals surface area contributed by atoms with Gasteiger partial charge in [-0.25, -0.2) is 9.97 Å². The number of nitrogens with zero attached hydrogens (tertiary/aromatic N) is 3. The summed E-state index contributed by atoms with van der Waals surface area (Å²) in [5, 5.41) is 2.54. The first-order chi connectivity index (χ1) is 26.5. The molecule has 3 nitrogen and oxygen atoms in total. The van der Waals surface area contributed by atoms with Gasteiger partial charge in [0, 0.05) is 63.7 Å². The Balaban J connectivity index is 1.09. The van der Waals surface area contributed by atoms with Crippen LogP contribution in [0.3, 0.4) is 0 Å². The fourth-order valence-corrected chi connectivity index (χ4v) is 10.7. The molecule has 0 radical (unpaired) electrons. The maximum atomic E-state index is 5.11. The van der Waals surface area contributed by atoms with Gasteiger partial charge in [0.2, 0.25) is 0 Å². The molecule has 256 valence electrons. The number of hydrogen-bond donors (Lipinski definition) is 0. The van der Waals surface area contributed by atoms with Gasteiger partial charge in [-0.2, -0.15) is 0 Å². The van der Waals surface area contributed by atoms with Crippen LogP contribution < -0.4 is 0 Å². The van der Waals surface area contributed by atoms with Gasteiger partial charge in [0.1, 0.15) is 0 Å².